The fraction of sp³-hybridized carbons (Fsp3) is 0.385. The lowest BCUT2D eigenvalue weighted by Gasteiger charge is -2.14. The summed E-state index contributed by atoms with van der Waals surface area (Å²) in [6, 6.07) is 4.42. The van der Waals surface area contributed by atoms with Crippen molar-refractivity contribution < 1.29 is 14.3 Å². The summed E-state index contributed by atoms with van der Waals surface area (Å²) in [5.41, 5.74) is 7.39. The van der Waals surface area contributed by atoms with E-state index in [9.17, 15) is 9.59 Å². The van der Waals surface area contributed by atoms with Crippen molar-refractivity contribution in [1.29, 1.82) is 0 Å². The van der Waals surface area contributed by atoms with Gasteiger partial charge in [0.1, 0.15) is 6.04 Å². The Morgan fingerprint density at radius 1 is 1.40 bits per heavy atom. The molecule has 0 heterocycles. The van der Waals surface area contributed by atoms with Gasteiger partial charge in [0.2, 0.25) is 5.91 Å². The number of aryl methyl sites for hydroxylation is 1. The van der Waals surface area contributed by atoms with Crippen LogP contribution < -0.4 is 16.4 Å². The molecule has 1 rings (SSSR count). The maximum atomic E-state index is 11.8. The third-order valence-electron chi connectivity index (χ3n) is 2.59. The number of anilines is 1. The van der Waals surface area contributed by atoms with Gasteiger partial charge < -0.3 is 21.1 Å². The number of nitrogens with one attached hydrogen (secondary N) is 2. The molecule has 1 atom stereocenters. The molecule has 0 saturated heterocycles. The van der Waals surface area contributed by atoms with Crippen LogP contribution in [0.5, 0.6) is 0 Å². The van der Waals surface area contributed by atoms with E-state index in [0.29, 0.717) is 11.3 Å². The lowest BCUT2D eigenvalue weighted by Crippen LogP contribution is -2.39. The number of benzene rings is 1. The molecule has 7 heteroatoms. The Morgan fingerprint density at radius 2 is 2.05 bits per heavy atom. The molecule has 4 N–H and O–H groups in total. The van der Waals surface area contributed by atoms with Crippen molar-refractivity contribution in [2.45, 2.75) is 13.0 Å². The summed E-state index contributed by atoms with van der Waals surface area (Å²) in [6.07, 6.45) is 0. The predicted octanol–water partition coefficient (Wildman–Crippen LogP) is 0.689. The van der Waals surface area contributed by atoms with E-state index in [-0.39, 0.29) is 24.9 Å². The summed E-state index contributed by atoms with van der Waals surface area (Å²) in [7, 11) is 3.00. The fourth-order valence-electron chi connectivity index (χ4n) is 1.57. The number of methoxy groups -OCH3 is 1. The van der Waals surface area contributed by atoms with Gasteiger partial charge in [0.05, 0.1) is 17.9 Å². The van der Waals surface area contributed by atoms with Crippen LogP contribution in [0.2, 0.25) is 0 Å². The molecule has 1 aromatic rings. The van der Waals surface area contributed by atoms with Crippen LogP contribution >= 0.6 is 12.4 Å². The van der Waals surface area contributed by atoms with Crippen LogP contribution in [0.1, 0.15) is 15.9 Å². The molecule has 0 saturated carbocycles. The molecule has 112 valence electrons. The molecule has 0 bridgehead atoms. The van der Waals surface area contributed by atoms with E-state index in [1.165, 1.54) is 14.2 Å². The first kappa shape index (κ1) is 18.4. The maximum Gasteiger partial charge on any atom is 0.253 e. The van der Waals surface area contributed by atoms with Gasteiger partial charge in [0, 0.05) is 14.2 Å². The topological polar surface area (TPSA) is 93.5 Å². The number of amides is 2. The van der Waals surface area contributed by atoms with Crippen molar-refractivity contribution in [2.75, 3.05) is 26.1 Å². The first-order valence-corrected chi connectivity index (χ1v) is 5.87. The number of carbonyl (C=O) groups excluding carboxylic acids is 2. The fourth-order valence-corrected chi connectivity index (χ4v) is 1.57. The Hall–Kier alpha value is -1.63. The minimum Gasteiger partial charge on any atom is -0.383 e. The highest BCUT2D eigenvalue weighted by Gasteiger charge is 2.17. The highest BCUT2D eigenvalue weighted by Crippen LogP contribution is 2.17. The van der Waals surface area contributed by atoms with E-state index in [4.69, 9.17) is 10.5 Å². The third kappa shape index (κ3) is 4.80. The van der Waals surface area contributed by atoms with E-state index in [0.717, 1.165) is 5.56 Å². The number of nitrogens with two attached hydrogens (primary N) is 1. The Kier molecular flexibility index (Phi) is 7.83. The van der Waals surface area contributed by atoms with Gasteiger partial charge in [-0.05, 0) is 19.1 Å². The molecule has 0 fully saturated rings. The Bertz CT molecular complexity index is 480. The molecule has 6 nitrogen and oxygen atoms in total. The molecule has 1 aromatic carbocycles. The van der Waals surface area contributed by atoms with Crippen molar-refractivity contribution in [3.8, 4) is 0 Å². The quantitative estimate of drug-likeness (QED) is 0.746. The minimum atomic E-state index is -0.774. The van der Waals surface area contributed by atoms with Crippen LogP contribution in [0.4, 0.5) is 5.69 Å². The van der Waals surface area contributed by atoms with Crippen LogP contribution in [0.15, 0.2) is 18.2 Å². The maximum absolute atomic E-state index is 11.8. The molecular weight excluding hydrogens is 282 g/mol. The second kappa shape index (κ2) is 8.52. The van der Waals surface area contributed by atoms with Gasteiger partial charge in [-0.15, -0.1) is 12.4 Å². The second-order valence-corrected chi connectivity index (χ2v) is 4.18. The lowest BCUT2D eigenvalue weighted by atomic mass is 10.1. The van der Waals surface area contributed by atoms with Gasteiger partial charge in [-0.1, -0.05) is 11.6 Å². The predicted molar refractivity (Wildman–Crippen MR) is 80.3 cm³/mol. The van der Waals surface area contributed by atoms with Gasteiger partial charge >= 0.3 is 0 Å². The standard InChI is InChI=1S/C13H19N3O3.ClH/c1-8-4-5-11(9(6-8)12(17)15-2)16-13(18)10(14)7-19-3;/h4-6,10H,7,14H2,1-3H3,(H,15,17)(H,16,18);1H. The molecule has 1 unspecified atom stereocenters. The van der Waals surface area contributed by atoms with Crippen molar-refractivity contribution in [2.24, 2.45) is 5.73 Å². The number of ether oxygens (including phenoxy) is 1. The van der Waals surface area contributed by atoms with Crippen LogP contribution in [0.3, 0.4) is 0 Å². The minimum absolute atomic E-state index is 0. The molecular formula is C13H20ClN3O3. The van der Waals surface area contributed by atoms with Crippen molar-refractivity contribution in [3.05, 3.63) is 29.3 Å². The molecule has 0 aliphatic carbocycles. The Balaban J connectivity index is 0.00000361. The summed E-state index contributed by atoms with van der Waals surface area (Å²) >= 11 is 0. The molecule has 0 aliphatic heterocycles. The first-order chi connectivity index (χ1) is 8.99. The third-order valence-corrected chi connectivity index (χ3v) is 2.59. The zero-order valence-electron chi connectivity index (χ0n) is 11.7. The normalized spacial score (nSPS) is 11.2. The lowest BCUT2D eigenvalue weighted by molar-refractivity contribution is -0.118. The summed E-state index contributed by atoms with van der Waals surface area (Å²) in [6.45, 7) is 1.99. The van der Waals surface area contributed by atoms with Gasteiger partial charge in [0.25, 0.3) is 5.91 Å². The molecule has 0 aromatic heterocycles. The largest absolute Gasteiger partial charge is 0.383 e. The number of carbonyl (C=O) groups is 2. The van der Waals surface area contributed by atoms with Crippen LogP contribution in [0, 0.1) is 6.92 Å². The molecule has 0 spiro atoms. The Morgan fingerprint density at radius 3 is 2.60 bits per heavy atom. The zero-order chi connectivity index (χ0) is 14.4. The Labute approximate surface area is 124 Å². The van der Waals surface area contributed by atoms with Crippen LogP contribution in [-0.2, 0) is 9.53 Å². The van der Waals surface area contributed by atoms with Crippen LogP contribution in [-0.4, -0.2) is 38.6 Å². The summed E-state index contributed by atoms with van der Waals surface area (Å²) in [5.74, 6) is -0.657. The summed E-state index contributed by atoms with van der Waals surface area (Å²) < 4.78 is 4.82. The number of rotatable bonds is 5. The van der Waals surface area contributed by atoms with Gasteiger partial charge in [0.15, 0.2) is 0 Å². The van der Waals surface area contributed by atoms with Gasteiger partial charge in [-0.25, -0.2) is 0 Å². The summed E-state index contributed by atoms with van der Waals surface area (Å²) in [5, 5.41) is 5.16. The summed E-state index contributed by atoms with van der Waals surface area (Å²) in [4.78, 5) is 23.5. The van der Waals surface area contributed by atoms with Crippen molar-refractivity contribution in [1.82, 2.24) is 5.32 Å². The first-order valence-electron chi connectivity index (χ1n) is 5.87. The highest BCUT2D eigenvalue weighted by atomic mass is 35.5. The van der Waals surface area contributed by atoms with E-state index in [2.05, 4.69) is 10.6 Å². The van der Waals surface area contributed by atoms with E-state index >= 15 is 0 Å². The number of hydrogen-bond acceptors (Lipinski definition) is 4. The molecule has 0 aliphatic rings. The second-order valence-electron chi connectivity index (χ2n) is 4.18. The smallest absolute Gasteiger partial charge is 0.253 e. The average molecular weight is 302 g/mol. The van der Waals surface area contributed by atoms with Crippen molar-refractivity contribution >= 4 is 29.9 Å². The van der Waals surface area contributed by atoms with E-state index in [1.807, 2.05) is 13.0 Å². The number of halogens is 1. The monoisotopic (exact) mass is 301 g/mol. The zero-order valence-corrected chi connectivity index (χ0v) is 12.5. The van der Waals surface area contributed by atoms with Crippen LogP contribution in [0.25, 0.3) is 0 Å². The highest BCUT2D eigenvalue weighted by molar-refractivity contribution is 6.04. The molecule has 20 heavy (non-hydrogen) atoms. The van der Waals surface area contributed by atoms with Crippen molar-refractivity contribution in [3.63, 3.8) is 0 Å². The molecule has 2 amide bonds. The van der Waals surface area contributed by atoms with E-state index in [1.54, 1.807) is 12.1 Å². The molecule has 0 radical (unpaired) electrons. The van der Waals surface area contributed by atoms with E-state index < -0.39 is 11.9 Å². The average Bonchev–Trinajstić information content (AvgIpc) is 2.40. The van der Waals surface area contributed by atoms with Gasteiger partial charge in [-0.3, -0.25) is 9.59 Å². The SMILES string of the molecule is CNC(=O)c1cc(C)ccc1NC(=O)C(N)COC.Cl. The number of hydrogen-bond donors (Lipinski definition) is 3. The van der Waals surface area contributed by atoms with Gasteiger partial charge in [-0.2, -0.15) is 0 Å².